The van der Waals surface area contributed by atoms with Crippen LogP contribution in [0.4, 0.5) is 0 Å². The number of hydrogen-bond donors (Lipinski definition) is 2. The first-order valence-electron chi connectivity index (χ1n) is 14.1. The number of para-hydroxylation sites is 4. The number of hydrogen-bond acceptors (Lipinski definition) is 0. The van der Waals surface area contributed by atoms with Gasteiger partial charge in [-0.1, -0.05) is 129 Å². The fourth-order valence-corrected chi connectivity index (χ4v) is 6.79. The predicted molar refractivity (Wildman–Crippen MR) is 171 cm³/mol. The summed E-state index contributed by atoms with van der Waals surface area (Å²) < 4.78 is 0. The van der Waals surface area contributed by atoms with Gasteiger partial charge in [-0.15, -0.1) is 0 Å². The van der Waals surface area contributed by atoms with Gasteiger partial charge in [0.15, 0.2) is 0 Å². The maximum atomic E-state index is 3.68. The first kappa shape index (κ1) is 23.1. The highest BCUT2D eigenvalue weighted by molar-refractivity contribution is 6.12. The second kappa shape index (κ2) is 8.59. The second-order valence-electron chi connectivity index (χ2n) is 11.7. The SMILES string of the molecule is CC1(C)C=C(c2cccc3c2[nH]c2ccccc23)C=CC1c1ccc(-c2cccc3c2[nH]c2ccccc23)cc1. The number of allylic oxidation sites excluding steroid dienone is 4. The fraction of sp³-hybridized carbons (Fsp3) is 0.105. The Bertz CT molecular complexity index is 2130. The van der Waals surface area contributed by atoms with Crippen LogP contribution in [-0.2, 0) is 0 Å². The van der Waals surface area contributed by atoms with Gasteiger partial charge in [0, 0.05) is 49.6 Å². The van der Waals surface area contributed by atoms with Crippen molar-refractivity contribution >= 4 is 49.2 Å². The first-order chi connectivity index (χ1) is 19.6. The fourth-order valence-electron chi connectivity index (χ4n) is 6.79. The number of fused-ring (bicyclic) bond motifs is 6. The van der Waals surface area contributed by atoms with E-state index in [4.69, 9.17) is 0 Å². The van der Waals surface area contributed by atoms with E-state index in [2.05, 4.69) is 151 Å². The zero-order chi connectivity index (χ0) is 26.8. The topological polar surface area (TPSA) is 31.6 Å². The van der Waals surface area contributed by atoms with Gasteiger partial charge in [-0.05, 0) is 34.2 Å². The van der Waals surface area contributed by atoms with Crippen molar-refractivity contribution in [2.24, 2.45) is 5.41 Å². The Hall–Kier alpha value is -4.82. The van der Waals surface area contributed by atoms with E-state index in [9.17, 15) is 0 Å². The summed E-state index contributed by atoms with van der Waals surface area (Å²) in [5.41, 5.74) is 11.1. The third kappa shape index (κ3) is 3.49. The van der Waals surface area contributed by atoms with Crippen LogP contribution >= 0.6 is 0 Å². The van der Waals surface area contributed by atoms with Crippen LogP contribution in [-0.4, -0.2) is 9.97 Å². The van der Waals surface area contributed by atoms with Gasteiger partial charge in [-0.3, -0.25) is 0 Å². The standard InChI is InChI=1S/C38H30N2/c1-38(2)23-26(28-12-8-14-32-30-10-4-6-16-35(30)40-37(28)32)21-22-33(38)25-19-17-24(18-20-25)27-11-7-13-31-29-9-3-5-15-34(29)39-36(27)31/h3-23,33,39-40H,1-2H3. The van der Waals surface area contributed by atoms with E-state index in [1.807, 2.05) is 0 Å². The van der Waals surface area contributed by atoms with Gasteiger partial charge in [0.05, 0.1) is 11.0 Å². The van der Waals surface area contributed by atoms with Crippen molar-refractivity contribution in [2.45, 2.75) is 19.8 Å². The Morgan fingerprint density at radius 2 is 1.10 bits per heavy atom. The van der Waals surface area contributed by atoms with E-state index >= 15 is 0 Å². The minimum Gasteiger partial charge on any atom is -0.354 e. The molecule has 2 aromatic heterocycles. The number of aromatic nitrogens is 2. The lowest BCUT2D eigenvalue weighted by Gasteiger charge is -2.34. The molecule has 5 aromatic carbocycles. The molecule has 0 aliphatic heterocycles. The Morgan fingerprint density at radius 1 is 0.550 bits per heavy atom. The summed E-state index contributed by atoms with van der Waals surface area (Å²) >= 11 is 0. The third-order valence-electron chi connectivity index (χ3n) is 8.77. The van der Waals surface area contributed by atoms with Crippen molar-refractivity contribution in [3.63, 3.8) is 0 Å². The van der Waals surface area contributed by atoms with Crippen molar-refractivity contribution in [2.75, 3.05) is 0 Å². The van der Waals surface area contributed by atoms with E-state index < -0.39 is 0 Å². The Morgan fingerprint density at radius 3 is 1.73 bits per heavy atom. The van der Waals surface area contributed by atoms with Crippen LogP contribution < -0.4 is 0 Å². The zero-order valence-electron chi connectivity index (χ0n) is 22.7. The molecule has 2 heterocycles. The second-order valence-corrected chi connectivity index (χ2v) is 11.7. The molecular formula is C38H30N2. The largest absolute Gasteiger partial charge is 0.354 e. The van der Waals surface area contributed by atoms with Gasteiger partial charge < -0.3 is 9.97 Å². The Balaban J connectivity index is 1.14. The number of nitrogens with one attached hydrogen (secondary N) is 2. The molecule has 1 aliphatic carbocycles. The van der Waals surface area contributed by atoms with Crippen molar-refractivity contribution in [1.29, 1.82) is 0 Å². The lowest BCUT2D eigenvalue weighted by atomic mass is 9.70. The Kier molecular flexibility index (Phi) is 4.96. The molecule has 0 saturated heterocycles. The molecule has 0 saturated carbocycles. The van der Waals surface area contributed by atoms with E-state index in [0.717, 1.165) is 0 Å². The molecule has 0 spiro atoms. The normalized spacial score (nSPS) is 16.8. The van der Waals surface area contributed by atoms with E-state index in [1.54, 1.807) is 0 Å². The molecule has 40 heavy (non-hydrogen) atoms. The van der Waals surface area contributed by atoms with Crippen molar-refractivity contribution in [3.05, 3.63) is 139 Å². The van der Waals surface area contributed by atoms with E-state index in [-0.39, 0.29) is 5.41 Å². The average molecular weight is 515 g/mol. The number of benzene rings is 5. The molecular weight excluding hydrogens is 484 g/mol. The molecule has 0 fully saturated rings. The van der Waals surface area contributed by atoms with Gasteiger partial charge >= 0.3 is 0 Å². The minimum absolute atomic E-state index is 0.0308. The van der Waals surface area contributed by atoms with Crippen LogP contribution in [0.3, 0.4) is 0 Å². The molecule has 192 valence electrons. The summed E-state index contributed by atoms with van der Waals surface area (Å²) in [5, 5.41) is 5.11. The summed E-state index contributed by atoms with van der Waals surface area (Å²) in [5.74, 6) is 0.302. The number of rotatable bonds is 3. The van der Waals surface area contributed by atoms with Crippen molar-refractivity contribution in [3.8, 4) is 11.1 Å². The maximum Gasteiger partial charge on any atom is 0.0544 e. The van der Waals surface area contributed by atoms with Crippen molar-refractivity contribution in [1.82, 2.24) is 9.97 Å². The average Bonchev–Trinajstić information content (AvgIpc) is 3.55. The zero-order valence-corrected chi connectivity index (χ0v) is 22.7. The van der Waals surface area contributed by atoms with Gasteiger partial charge in [-0.25, -0.2) is 0 Å². The van der Waals surface area contributed by atoms with Gasteiger partial charge in [0.2, 0.25) is 0 Å². The first-order valence-corrected chi connectivity index (χ1v) is 14.1. The molecule has 1 atom stereocenters. The summed E-state index contributed by atoms with van der Waals surface area (Å²) in [6.45, 7) is 4.71. The van der Waals surface area contributed by atoms with Crippen LogP contribution in [0.15, 0.2) is 127 Å². The third-order valence-corrected chi connectivity index (χ3v) is 8.77. The monoisotopic (exact) mass is 514 g/mol. The number of aromatic amines is 2. The maximum absolute atomic E-state index is 3.68. The summed E-state index contributed by atoms with van der Waals surface area (Å²) in [6.07, 6.45) is 7.16. The molecule has 7 aromatic rings. The lowest BCUT2D eigenvalue weighted by molar-refractivity contribution is 0.424. The molecule has 1 aliphatic rings. The highest BCUT2D eigenvalue weighted by atomic mass is 14.7. The highest BCUT2D eigenvalue weighted by Crippen LogP contribution is 2.45. The highest BCUT2D eigenvalue weighted by Gasteiger charge is 2.30. The van der Waals surface area contributed by atoms with Gasteiger partial charge in [-0.2, -0.15) is 0 Å². The number of H-pyrrole nitrogens is 2. The van der Waals surface area contributed by atoms with Crippen LogP contribution in [0.5, 0.6) is 0 Å². The van der Waals surface area contributed by atoms with Crippen LogP contribution in [0, 0.1) is 5.41 Å². The van der Waals surface area contributed by atoms with E-state index in [0.29, 0.717) is 5.92 Å². The molecule has 8 rings (SSSR count). The van der Waals surface area contributed by atoms with Crippen LogP contribution in [0.2, 0.25) is 0 Å². The van der Waals surface area contributed by atoms with Crippen LogP contribution in [0.1, 0.15) is 30.9 Å². The summed E-state index contributed by atoms with van der Waals surface area (Å²) in [6, 6.07) is 39.5. The van der Waals surface area contributed by atoms with Gasteiger partial charge in [0.1, 0.15) is 0 Å². The van der Waals surface area contributed by atoms with Crippen LogP contribution in [0.25, 0.3) is 60.3 Å². The molecule has 0 amide bonds. The lowest BCUT2D eigenvalue weighted by Crippen LogP contribution is -2.21. The Labute approximate surface area is 233 Å². The summed E-state index contributed by atoms with van der Waals surface area (Å²) in [7, 11) is 0. The smallest absolute Gasteiger partial charge is 0.0544 e. The molecule has 2 nitrogen and oxygen atoms in total. The summed E-state index contributed by atoms with van der Waals surface area (Å²) in [4.78, 5) is 7.34. The molecule has 1 unspecified atom stereocenters. The molecule has 0 bridgehead atoms. The van der Waals surface area contributed by atoms with Crippen molar-refractivity contribution < 1.29 is 0 Å². The molecule has 2 N–H and O–H groups in total. The molecule has 2 heteroatoms. The van der Waals surface area contributed by atoms with E-state index in [1.165, 1.54) is 71.4 Å². The molecule has 0 radical (unpaired) electrons. The predicted octanol–water partition coefficient (Wildman–Crippen LogP) is 10.4. The minimum atomic E-state index is -0.0308. The van der Waals surface area contributed by atoms with Gasteiger partial charge in [0.25, 0.3) is 0 Å². The quantitative estimate of drug-likeness (QED) is 0.235.